The normalized spacial score (nSPS) is 18.7. The van der Waals surface area contributed by atoms with Crippen molar-refractivity contribution in [2.45, 2.75) is 38.1 Å². The number of hydrogen-bond acceptors (Lipinski definition) is 4. The molecule has 37 heavy (non-hydrogen) atoms. The monoisotopic (exact) mass is 486 g/mol. The van der Waals surface area contributed by atoms with Gasteiger partial charge < -0.3 is 15.4 Å². The zero-order chi connectivity index (χ0) is 25.2. The largest absolute Gasteiger partial charge is 0.457 e. The van der Waals surface area contributed by atoms with Gasteiger partial charge in [-0.25, -0.2) is 0 Å². The molecule has 2 aliphatic rings. The van der Waals surface area contributed by atoms with Gasteiger partial charge in [0.05, 0.1) is 17.4 Å². The van der Waals surface area contributed by atoms with Gasteiger partial charge in [-0.2, -0.15) is 0 Å². The molecule has 2 N–H and O–H groups in total. The molecule has 0 bridgehead atoms. The van der Waals surface area contributed by atoms with E-state index in [0.29, 0.717) is 6.42 Å². The summed E-state index contributed by atoms with van der Waals surface area (Å²) in [6.45, 7) is 2.16. The number of ketones is 1. The fraction of sp³-hybridized carbons (Fsp3) is 0.182. The van der Waals surface area contributed by atoms with E-state index in [1.807, 2.05) is 60.7 Å². The predicted octanol–water partition coefficient (Wildman–Crippen LogP) is 8.02. The smallest absolute Gasteiger partial charge is 0.163 e. The van der Waals surface area contributed by atoms with Crippen LogP contribution in [0.25, 0.3) is 0 Å². The maximum atomic E-state index is 13.8. The molecular weight excluding hydrogens is 456 g/mol. The molecule has 0 amide bonds. The number of fused-ring (bicyclic) bond motifs is 1. The van der Waals surface area contributed by atoms with Crippen molar-refractivity contribution < 1.29 is 9.53 Å². The maximum absolute atomic E-state index is 13.8. The van der Waals surface area contributed by atoms with Crippen LogP contribution in [0.3, 0.4) is 0 Å². The van der Waals surface area contributed by atoms with Crippen molar-refractivity contribution in [2.75, 3.05) is 10.6 Å². The number of anilines is 2. The molecular formula is C33H30N2O2. The number of rotatable bonds is 5. The number of benzene rings is 4. The number of hydrogen-bond donors (Lipinski definition) is 2. The van der Waals surface area contributed by atoms with Gasteiger partial charge in [0.1, 0.15) is 11.5 Å². The van der Waals surface area contributed by atoms with Crippen molar-refractivity contribution >= 4 is 17.2 Å². The Bertz CT molecular complexity index is 1460. The molecule has 1 heterocycles. The summed E-state index contributed by atoms with van der Waals surface area (Å²) in [4.78, 5) is 13.8. The number of aryl methyl sites for hydroxylation is 1. The first-order valence-electron chi connectivity index (χ1n) is 13.0. The van der Waals surface area contributed by atoms with Gasteiger partial charge in [0, 0.05) is 17.7 Å². The van der Waals surface area contributed by atoms with E-state index in [4.69, 9.17) is 4.74 Å². The highest BCUT2D eigenvalue weighted by atomic mass is 16.5. The second kappa shape index (κ2) is 9.98. The van der Waals surface area contributed by atoms with Crippen LogP contribution in [0.4, 0.5) is 11.4 Å². The minimum atomic E-state index is -0.276. The molecule has 2 unspecified atom stereocenters. The number of allylic oxidation sites excluding steroid dienone is 1. The number of para-hydroxylation sites is 3. The number of carbonyl (C=O) groups excluding carboxylic acids is 1. The molecule has 6 rings (SSSR count). The quantitative estimate of drug-likeness (QED) is 0.300. The highest BCUT2D eigenvalue weighted by Crippen LogP contribution is 2.44. The summed E-state index contributed by atoms with van der Waals surface area (Å²) < 4.78 is 6.12. The summed E-state index contributed by atoms with van der Waals surface area (Å²) in [6.07, 6.45) is 2.30. The maximum Gasteiger partial charge on any atom is 0.163 e. The Hall–Kier alpha value is -4.31. The molecule has 0 aromatic heterocycles. The number of ether oxygens (including phenoxy) is 1. The average molecular weight is 487 g/mol. The Morgan fingerprint density at radius 2 is 1.49 bits per heavy atom. The van der Waals surface area contributed by atoms with E-state index in [-0.39, 0.29) is 17.7 Å². The first-order valence-corrected chi connectivity index (χ1v) is 13.0. The third-order valence-electron chi connectivity index (χ3n) is 7.34. The minimum Gasteiger partial charge on any atom is -0.457 e. The van der Waals surface area contributed by atoms with Crippen LogP contribution in [-0.2, 0) is 11.2 Å². The van der Waals surface area contributed by atoms with Gasteiger partial charge in [-0.3, -0.25) is 4.79 Å². The van der Waals surface area contributed by atoms with E-state index < -0.39 is 0 Å². The van der Waals surface area contributed by atoms with Crippen LogP contribution in [0.2, 0.25) is 0 Å². The van der Waals surface area contributed by atoms with Crippen LogP contribution in [-0.4, -0.2) is 5.78 Å². The van der Waals surface area contributed by atoms with Crippen LogP contribution >= 0.6 is 0 Å². The third-order valence-corrected chi connectivity index (χ3v) is 7.34. The van der Waals surface area contributed by atoms with Crippen LogP contribution < -0.4 is 15.4 Å². The molecule has 0 saturated heterocycles. The van der Waals surface area contributed by atoms with Crippen molar-refractivity contribution in [3.63, 3.8) is 0 Å². The number of carbonyl (C=O) groups is 1. The van der Waals surface area contributed by atoms with Crippen molar-refractivity contribution in [3.05, 3.63) is 131 Å². The van der Waals surface area contributed by atoms with Crippen molar-refractivity contribution in [1.29, 1.82) is 0 Å². The third kappa shape index (κ3) is 4.75. The van der Waals surface area contributed by atoms with E-state index in [0.717, 1.165) is 52.5 Å². The highest BCUT2D eigenvalue weighted by Gasteiger charge is 2.36. The molecule has 2 atom stereocenters. The van der Waals surface area contributed by atoms with E-state index in [1.54, 1.807) is 0 Å². The Morgan fingerprint density at radius 3 is 2.27 bits per heavy atom. The molecule has 1 aliphatic carbocycles. The average Bonchev–Trinajstić information content (AvgIpc) is 3.11. The Labute approximate surface area is 218 Å². The van der Waals surface area contributed by atoms with Gasteiger partial charge >= 0.3 is 0 Å². The summed E-state index contributed by atoms with van der Waals surface area (Å²) in [5, 5.41) is 7.30. The van der Waals surface area contributed by atoms with Gasteiger partial charge in [-0.15, -0.1) is 0 Å². The fourth-order valence-electron chi connectivity index (χ4n) is 5.39. The number of Topliss-reactive ketones (excluding diaryl/α,β-unsaturated/α-hetero) is 1. The van der Waals surface area contributed by atoms with Crippen molar-refractivity contribution in [2.24, 2.45) is 0 Å². The van der Waals surface area contributed by atoms with Crippen molar-refractivity contribution in [3.8, 4) is 11.5 Å². The first kappa shape index (κ1) is 23.1. The lowest BCUT2D eigenvalue weighted by molar-refractivity contribution is -0.116. The Kier molecular flexibility index (Phi) is 6.23. The molecule has 1 aliphatic heterocycles. The summed E-state index contributed by atoms with van der Waals surface area (Å²) in [5.41, 5.74) is 7.32. The van der Waals surface area contributed by atoms with E-state index in [2.05, 4.69) is 60.0 Å². The summed E-state index contributed by atoms with van der Waals surface area (Å²) in [5.74, 6) is 1.86. The number of nitrogens with one attached hydrogen (secondary N) is 2. The second-order valence-electron chi connectivity index (χ2n) is 9.75. The van der Waals surface area contributed by atoms with Gasteiger partial charge in [-0.05, 0) is 71.8 Å². The van der Waals surface area contributed by atoms with Gasteiger partial charge in [0.2, 0.25) is 0 Å². The van der Waals surface area contributed by atoms with Crippen molar-refractivity contribution in [1.82, 2.24) is 0 Å². The Balaban J connectivity index is 1.38. The van der Waals surface area contributed by atoms with Crippen LogP contribution in [0.1, 0.15) is 48.4 Å². The molecule has 0 spiro atoms. The standard InChI is InChI=1S/C33H30N2O2/c1-2-22-15-17-23(18-16-22)25-20-30-32(31(36)21-25)33(35-29-14-7-6-13-28(29)34-30)24-9-8-12-27(19-24)37-26-10-4-3-5-11-26/h3-19,25,33-35H,2,20-21H2,1H3. The summed E-state index contributed by atoms with van der Waals surface area (Å²) >= 11 is 0. The first-order chi connectivity index (χ1) is 18.2. The van der Waals surface area contributed by atoms with Gasteiger partial charge in [0.15, 0.2) is 5.78 Å². The fourth-order valence-corrected chi connectivity index (χ4v) is 5.39. The molecule has 0 saturated carbocycles. The SMILES string of the molecule is CCc1ccc(C2CC(=O)C3=C(C2)Nc2ccccc2NC3c2cccc(Oc3ccccc3)c2)cc1. The predicted molar refractivity (Wildman–Crippen MR) is 149 cm³/mol. The molecule has 4 aromatic rings. The zero-order valence-electron chi connectivity index (χ0n) is 20.9. The summed E-state index contributed by atoms with van der Waals surface area (Å²) in [7, 11) is 0. The highest BCUT2D eigenvalue weighted by molar-refractivity contribution is 6.01. The minimum absolute atomic E-state index is 0.156. The molecule has 4 nitrogen and oxygen atoms in total. The van der Waals surface area contributed by atoms with Crippen LogP contribution in [0.15, 0.2) is 114 Å². The van der Waals surface area contributed by atoms with Crippen LogP contribution in [0.5, 0.6) is 11.5 Å². The lowest BCUT2D eigenvalue weighted by Crippen LogP contribution is -2.26. The zero-order valence-corrected chi connectivity index (χ0v) is 20.9. The van der Waals surface area contributed by atoms with E-state index in [1.165, 1.54) is 11.1 Å². The van der Waals surface area contributed by atoms with E-state index in [9.17, 15) is 4.79 Å². The second-order valence-corrected chi connectivity index (χ2v) is 9.75. The van der Waals surface area contributed by atoms with Gasteiger partial charge in [0.25, 0.3) is 0 Å². The van der Waals surface area contributed by atoms with Gasteiger partial charge in [-0.1, -0.05) is 73.7 Å². The molecule has 184 valence electrons. The lowest BCUT2D eigenvalue weighted by atomic mass is 9.78. The molecule has 0 fully saturated rings. The molecule has 4 heteroatoms. The van der Waals surface area contributed by atoms with E-state index >= 15 is 0 Å². The lowest BCUT2D eigenvalue weighted by Gasteiger charge is -2.30. The molecule has 0 radical (unpaired) electrons. The Morgan fingerprint density at radius 1 is 0.757 bits per heavy atom. The summed E-state index contributed by atoms with van der Waals surface area (Å²) in [6, 6.07) is 34.4. The van der Waals surface area contributed by atoms with Crippen LogP contribution in [0, 0.1) is 0 Å². The molecule has 4 aromatic carbocycles. The topological polar surface area (TPSA) is 50.4 Å².